The van der Waals surface area contributed by atoms with Gasteiger partial charge in [-0.3, -0.25) is 0 Å². The fourth-order valence-electron chi connectivity index (χ4n) is 10.4. The second-order valence-electron chi connectivity index (χ2n) is 23.5. The van der Waals surface area contributed by atoms with Crippen molar-refractivity contribution in [1.29, 1.82) is 0 Å². The molecule has 9 aromatic rings. The summed E-state index contributed by atoms with van der Waals surface area (Å²) in [5, 5.41) is 3.06. The van der Waals surface area contributed by atoms with E-state index in [1.165, 1.54) is 36.0 Å². The van der Waals surface area contributed by atoms with Gasteiger partial charge >= 0.3 is 0 Å². The van der Waals surface area contributed by atoms with Crippen molar-refractivity contribution in [2.24, 2.45) is 0 Å². The first-order valence-electron chi connectivity index (χ1n) is 33.6. The minimum Gasteiger partial charge on any atom is -0.509 e. The van der Waals surface area contributed by atoms with Crippen molar-refractivity contribution >= 4 is 34.3 Å². The molecular formula is C72H71N4OPt-3. The minimum atomic E-state index is -2.71. The van der Waals surface area contributed by atoms with E-state index >= 15 is 0 Å². The third-order valence-electron chi connectivity index (χ3n) is 15.1. The average molecular weight is 1220 g/mol. The quantitative estimate of drug-likeness (QED) is 0.138. The molecule has 0 saturated heterocycles. The molecule has 78 heavy (non-hydrogen) atoms. The number of aromatic nitrogens is 1. The van der Waals surface area contributed by atoms with Crippen molar-refractivity contribution in [1.82, 2.24) is 4.98 Å². The third kappa shape index (κ3) is 10.6. The Morgan fingerprint density at radius 3 is 1.95 bits per heavy atom. The number of ether oxygens (including phenoxy) is 1. The molecule has 8 aromatic carbocycles. The van der Waals surface area contributed by atoms with E-state index in [-0.39, 0.29) is 106 Å². The van der Waals surface area contributed by atoms with Gasteiger partial charge in [-0.1, -0.05) is 197 Å². The summed E-state index contributed by atoms with van der Waals surface area (Å²) in [7, 11) is 0. The number of para-hydroxylation sites is 4. The smallest absolute Gasteiger partial charge is 0.130 e. The second kappa shape index (κ2) is 20.9. The summed E-state index contributed by atoms with van der Waals surface area (Å²) in [4.78, 5) is 8.37. The zero-order chi connectivity index (χ0) is 66.9. The predicted molar refractivity (Wildman–Crippen MR) is 324 cm³/mol. The first-order valence-corrected chi connectivity index (χ1v) is 26.1. The van der Waals surface area contributed by atoms with Crippen LogP contribution in [0.1, 0.15) is 136 Å². The molecule has 398 valence electrons. The summed E-state index contributed by atoms with van der Waals surface area (Å²) in [5.74, 6) is -0.105. The molecule has 1 aromatic heterocycles. The van der Waals surface area contributed by atoms with Crippen LogP contribution in [-0.2, 0) is 42.7 Å². The topological polar surface area (TPSA) is 40.6 Å². The van der Waals surface area contributed by atoms with Crippen LogP contribution in [0, 0.1) is 32.5 Å². The number of aryl methyl sites for hydroxylation is 2. The Hall–Kier alpha value is -7.20. The van der Waals surface area contributed by atoms with Crippen LogP contribution >= 0.6 is 0 Å². The standard InChI is InChI=1S/C72H71N4O.Pt/c1-47-29-33-55(75-46-76(65-28-19-18-27-64(65)75)68-58(49-21-14-13-15-22-49)24-20-25-59(68)52-40-53(69(3,4)5)43-54(41-52)70(6,7)8)44-66(47)77-56-34-30-50(31-35-56)57-23-16-17-26-63(57)74-67-39-48(2)60(45-73-67)51-32-36-61-62(42-51)72(11,12)38-37-71(61,9)10;/h13-34,36,39-43,45-46H,37-38H2,1-12H3,(H,73,74);/q-3;/i1D3,2D3,13D,14D,15D,16D,17D,21D,22D,23D,26D;. The Balaban J connectivity index is 0.00000946. The average Bonchev–Trinajstić information content (AvgIpc) is 1.73. The molecule has 6 heteroatoms. The number of nitrogens with zero attached hydrogens (tertiary/aromatic N) is 3. The molecule has 0 fully saturated rings. The van der Waals surface area contributed by atoms with Gasteiger partial charge in [-0.2, -0.15) is 18.2 Å². The van der Waals surface area contributed by atoms with Gasteiger partial charge in [0.2, 0.25) is 0 Å². The zero-order valence-corrected chi connectivity index (χ0v) is 47.9. The van der Waals surface area contributed by atoms with E-state index in [0.29, 0.717) is 45.0 Å². The van der Waals surface area contributed by atoms with E-state index in [0.717, 1.165) is 35.1 Å². The normalized spacial score (nSPS) is 17.6. The molecule has 11 rings (SSSR count). The van der Waals surface area contributed by atoms with E-state index in [1.807, 2.05) is 52.3 Å². The Kier molecular flexibility index (Phi) is 10.3. The third-order valence-corrected chi connectivity index (χ3v) is 15.1. The molecule has 1 N–H and O–H groups in total. The van der Waals surface area contributed by atoms with E-state index in [2.05, 4.69) is 122 Å². The summed E-state index contributed by atoms with van der Waals surface area (Å²) >= 11 is 0. The molecule has 1 aliphatic carbocycles. The van der Waals surface area contributed by atoms with Crippen molar-refractivity contribution in [2.45, 2.75) is 117 Å². The molecule has 2 heterocycles. The maximum Gasteiger partial charge on any atom is 0.130 e. The van der Waals surface area contributed by atoms with Crippen molar-refractivity contribution in [3.05, 3.63) is 228 Å². The van der Waals surface area contributed by atoms with Gasteiger partial charge in [0.05, 0.1) is 12.3 Å². The van der Waals surface area contributed by atoms with Gasteiger partial charge < -0.3 is 19.9 Å². The number of pyridine rings is 1. The van der Waals surface area contributed by atoms with Crippen molar-refractivity contribution in [3.63, 3.8) is 0 Å². The molecule has 2 aliphatic rings. The Morgan fingerprint density at radius 1 is 0.615 bits per heavy atom. The largest absolute Gasteiger partial charge is 0.509 e. The van der Waals surface area contributed by atoms with Crippen LogP contribution < -0.4 is 19.9 Å². The van der Waals surface area contributed by atoms with E-state index in [9.17, 15) is 2.74 Å². The monoisotopic (exact) mass is 1220 g/mol. The number of rotatable bonds is 10. The van der Waals surface area contributed by atoms with Crippen LogP contribution in [0.2, 0.25) is 0 Å². The van der Waals surface area contributed by atoms with Gasteiger partial charge in [0.1, 0.15) is 5.82 Å². The number of nitrogens with one attached hydrogen (secondary N) is 1. The summed E-state index contributed by atoms with van der Waals surface area (Å²) in [6.45, 7) is 18.2. The van der Waals surface area contributed by atoms with Crippen LogP contribution in [0.4, 0.5) is 34.3 Å². The number of benzene rings is 8. The zero-order valence-electron chi connectivity index (χ0n) is 60.6. The van der Waals surface area contributed by atoms with Crippen LogP contribution in [-0.4, -0.2) is 4.98 Å². The summed E-state index contributed by atoms with van der Waals surface area (Å²) in [6.07, 6.45) is 3.45. The van der Waals surface area contributed by atoms with Crippen molar-refractivity contribution in [2.75, 3.05) is 15.1 Å². The molecule has 1 aliphatic heterocycles. The van der Waals surface area contributed by atoms with E-state index in [1.54, 1.807) is 24.9 Å². The van der Waals surface area contributed by atoms with Gasteiger partial charge in [0.15, 0.2) is 0 Å². The Morgan fingerprint density at radius 2 is 1.27 bits per heavy atom. The number of anilines is 6. The molecule has 0 amide bonds. The fraction of sp³-hybridized carbons (Fsp3) is 0.250. The molecule has 0 bridgehead atoms. The van der Waals surface area contributed by atoms with E-state index in [4.69, 9.17) is 22.6 Å². The summed E-state index contributed by atoms with van der Waals surface area (Å²) in [6, 6.07) is 36.7. The maximum absolute atomic E-state index is 9.25. The van der Waals surface area contributed by atoms with Crippen LogP contribution in [0.5, 0.6) is 11.5 Å². The van der Waals surface area contributed by atoms with Crippen LogP contribution in [0.15, 0.2) is 176 Å². The van der Waals surface area contributed by atoms with Crippen LogP contribution in [0.25, 0.3) is 44.5 Å². The van der Waals surface area contributed by atoms with Gasteiger partial charge in [-0.05, 0) is 110 Å². The molecular weight excluding hydrogens is 1130 g/mol. The van der Waals surface area contributed by atoms with Crippen molar-refractivity contribution < 1.29 is 46.4 Å². The van der Waals surface area contributed by atoms with Gasteiger partial charge in [0, 0.05) is 86.4 Å². The maximum atomic E-state index is 9.25. The molecule has 0 saturated carbocycles. The molecule has 0 spiro atoms. The van der Waals surface area contributed by atoms with Gasteiger partial charge in [0.25, 0.3) is 0 Å². The fourth-order valence-corrected chi connectivity index (χ4v) is 10.4. The predicted octanol–water partition coefficient (Wildman–Crippen LogP) is 19.9. The Labute approximate surface area is 500 Å². The summed E-state index contributed by atoms with van der Waals surface area (Å²) < 4.78 is 139. The minimum absolute atomic E-state index is 0. The molecule has 0 atom stereocenters. The summed E-state index contributed by atoms with van der Waals surface area (Å²) in [5.41, 5.74) is 8.94. The number of hydrogen-bond acceptors (Lipinski definition) is 5. The Bertz CT molecular complexity index is 4390. The second-order valence-corrected chi connectivity index (χ2v) is 23.5. The number of fused-ring (bicyclic) bond motifs is 2. The SMILES string of the molecule is [2H]c1c([2H])c([2H])c(-c2cccc(-c3cc(C(C)(C)C)cc(C(C)(C)C)c3)c2N2[CH-]N(c3[c-]c(Oc4[c-]cc(-c5c([2H])c([2H])c([2H])c([2H])c5Nc5cc(C([2H])([2H])[2H])c(-c6ccc7c(c6)C(C)(C)CCC7(C)C)cn5)cc4)c(C([2H])([2H])[2H])cc3)c3ccccc32)c([2H])c1[2H].[Pt]. The number of hydrogen-bond donors (Lipinski definition) is 1. The molecule has 5 nitrogen and oxygen atoms in total. The molecule has 0 radical (unpaired) electrons. The van der Waals surface area contributed by atoms with Gasteiger partial charge in [-0.15, -0.1) is 47.7 Å². The van der Waals surface area contributed by atoms with Gasteiger partial charge in [-0.25, -0.2) is 4.98 Å². The van der Waals surface area contributed by atoms with Crippen LogP contribution in [0.3, 0.4) is 0 Å². The molecule has 0 unspecified atom stereocenters. The first-order chi connectivity index (χ1) is 42.9. The first kappa shape index (κ1) is 38.4. The van der Waals surface area contributed by atoms with E-state index < -0.39 is 56.0 Å². The van der Waals surface area contributed by atoms with Crippen molar-refractivity contribution in [3.8, 4) is 56.0 Å².